The molecule has 0 spiro atoms. The highest BCUT2D eigenvalue weighted by atomic mass is 16.3. The minimum Gasteiger partial charge on any atom is -0.454 e. The van der Waals surface area contributed by atoms with Gasteiger partial charge in [-0.3, -0.25) is 4.98 Å². The van der Waals surface area contributed by atoms with Gasteiger partial charge in [0.1, 0.15) is 11.4 Å². The minimum absolute atomic E-state index is 0.00474. The van der Waals surface area contributed by atoms with E-state index in [2.05, 4.69) is 151 Å². The highest BCUT2D eigenvalue weighted by Crippen LogP contribution is 2.44. The summed E-state index contributed by atoms with van der Waals surface area (Å²) < 4.78 is 6.76. The summed E-state index contributed by atoms with van der Waals surface area (Å²) in [5, 5.41) is 11.5. The maximum atomic E-state index is 6.76. The molecule has 0 saturated heterocycles. The molecule has 0 saturated carbocycles. The Morgan fingerprint density at radius 3 is 2.17 bits per heavy atom. The van der Waals surface area contributed by atoms with Gasteiger partial charge in [0.2, 0.25) is 0 Å². The molecule has 3 aromatic heterocycles. The van der Waals surface area contributed by atoms with Gasteiger partial charge in [0.25, 0.3) is 0 Å². The molecule has 5 heteroatoms. The summed E-state index contributed by atoms with van der Waals surface area (Å²) in [6.07, 6.45) is 9.01. The number of rotatable bonds is 4. The molecule has 0 radical (unpaired) electrons. The van der Waals surface area contributed by atoms with Crippen LogP contribution in [0.4, 0.5) is 0 Å². The van der Waals surface area contributed by atoms with Gasteiger partial charge in [0, 0.05) is 39.6 Å². The first-order valence-corrected chi connectivity index (χ1v) is 18.0. The van der Waals surface area contributed by atoms with Crippen LogP contribution in [0.3, 0.4) is 0 Å². The average molecular weight is 679 g/mol. The van der Waals surface area contributed by atoms with Crippen LogP contribution in [-0.2, 0) is 0 Å². The predicted octanol–water partition coefficient (Wildman–Crippen LogP) is 10.4. The summed E-state index contributed by atoms with van der Waals surface area (Å²) in [7, 11) is 0. The smallest absolute Gasteiger partial charge is 0.164 e. The first-order chi connectivity index (χ1) is 26.2. The van der Waals surface area contributed by atoms with Crippen molar-refractivity contribution in [2.75, 3.05) is 0 Å². The second kappa shape index (κ2) is 11.8. The van der Waals surface area contributed by atoms with Crippen molar-refractivity contribution in [3.63, 3.8) is 0 Å². The molecule has 248 valence electrons. The van der Waals surface area contributed by atoms with Crippen LogP contribution in [0, 0.1) is 0 Å². The van der Waals surface area contributed by atoms with Gasteiger partial charge in [0.05, 0.1) is 6.20 Å². The Bertz CT molecular complexity index is 3240. The van der Waals surface area contributed by atoms with Crippen molar-refractivity contribution in [1.29, 1.82) is 0 Å². The molecular weight excluding hydrogens is 649 g/mol. The van der Waals surface area contributed by atoms with Crippen molar-refractivity contribution >= 4 is 66.4 Å². The van der Waals surface area contributed by atoms with Crippen molar-refractivity contribution < 1.29 is 4.42 Å². The number of nitrogens with zero attached hydrogens (tertiary/aromatic N) is 4. The number of fused-ring (bicyclic) bond motifs is 8. The van der Waals surface area contributed by atoms with E-state index in [1.54, 1.807) is 6.20 Å². The van der Waals surface area contributed by atoms with Gasteiger partial charge in [-0.05, 0) is 85.1 Å². The molecule has 0 N–H and O–H groups in total. The average Bonchev–Trinajstić information content (AvgIpc) is 3.62. The zero-order valence-electron chi connectivity index (χ0n) is 28.6. The summed E-state index contributed by atoms with van der Waals surface area (Å²) in [6.45, 7) is 0. The Labute approximate surface area is 304 Å². The molecule has 1 aliphatic rings. The first kappa shape index (κ1) is 29.7. The van der Waals surface area contributed by atoms with Gasteiger partial charge in [-0.1, -0.05) is 121 Å². The quantitative estimate of drug-likeness (QED) is 0.173. The fourth-order valence-electron chi connectivity index (χ4n) is 8.11. The number of aromatic nitrogens is 4. The third kappa shape index (κ3) is 4.85. The van der Waals surface area contributed by atoms with Crippen molar-refractivity contribution in [2.45, 2.75) is 12.3 Å². The molecule has 1 unspecified atom stereocenters. The van der Waals surface area contributed by atoms with Crippen LogP contribution in [0.15, 0.2) is 156 Å². The summed E-state index contributed by atoms with van der Waals surface area (Å²) in [5.41, 5.74) is 5.47. The molecule has 0 fully saturated rings. The van der Waals surface area contributed by atoms with E-state index in [0.29, 0.717) is 11.6 Å². The molecule has 3 heterocycles. The number of hydrogen-bond donors (Lipinski definition) is 0. The van der Waals surface area contributed by atoms with Crippen LogP contribution in [0.25, 0.3) is 100 Å². The lowest BCUT2D eigenvalue weighted by Crippen LogP contribution is -2.28. The predicted molar refractivity (Wildman–Crippen MR) is 216 cm³/mol. The van der Waals surface area contributed by atoms with Crippen molar-refractivity contribution in [2.24, 2.45) is 0 Å². The van der Waals surface area contributed by atoms with Gasteiger partial charge >= 0.3 is 0 Å². The first-order valence-electron chi connectivity index (χ1n) is 18.0. The van der Waals surface area contributed by atoms with Crippen LogP contribution >= 0.6 is 0 Å². The maximum absolute atomic E-state index is 6.76. The van der Waals surface area contributed by atoms with Gasteiger partial charge < -0.3 is 4.42 Å². The Hall–Kier alpha value is -6.98. The fraction of sp³-hybridized carbons (Fsp3) is 0.0417. The number of pyridine rings is 1. The highest BCUT2D eigenvalue weighted by Gasteiger charge is 2.23. The third-order valence-corrected chi connectivity index (χ3v) is 10.7. The van der Waals surface area contributed by atoms with Crippen molar-refractivity contribution in [1.82, 2.24) is 19.9 Å². The zero-order valence-corrected chi connectivity index (χ0v) is 28.6. The minimum atomic E-state index is -0.00474. The zero-order chi connectivity index (χ0) is 34.9. The van der Waals surface area contributed by atoms with E-state index in [-0.39, 0.29) is 5.92 Å². The summed E-state index contributed by atoms with van der Waals surface area (Å²) in [5.74, 6) is 2.01. The molecule has 53 heavy (non-hydrogen) atoms. The SMILES string of the molecule is C1=c2ccccc2=CC(c2nc(-c3ccc4ccccc4c3)nc(-c3ccc(-c4cc5ccccc5c5ccccc45)c4oc5cnccc5c34)n2)C1. The van der Waals surface area contributed by atoms with Gasteiger partial charge in [0.15, 0.2) is 17.2 Å². The standard InChI is InChI=1S/C48H30N4O/c1-3-11-31-25-34(19-17-29(31)9-1)46-50-47(35-20-18-30-10-2-4-12-32(30)26-35)52-48(51-46)41-22-21-39(45-44(41)40-23-24-49-28-43(40)53-45)42-27-33-13-5-6-14-36(33)37-15-7-8-16-38(37)42/h1-19,21-28,35H,20H2. The maximum Gasteiger partial charge on any atom is 0.164 e. The Morgan fingerprint density at radius 1 is 0.528 bits per heavy atom. The van der Waals surface area contributed by atoms with Gasteiger partial charge in [-0.15, -0.1) is 0 Å². The Balaban J connectivity index is 1.18. The molecule has 0 amide bonds. The Kier molecular flexibility index (Phi) is 6.61. The normalized spacial score (nSPS) is 14.1. The summed E-state index contributed by atoms with van der Waals surface area (Å²) in [6, 6.07) is 49.1. The van der Waals surface area contributed by atoms with Crippen LogP contribution in [-0.4, -0.2) is 19.9 Å². The van der Waals surface area contributed by atoms with Crippen molar-refractivity contribution in [3.05, 3.63) is 168 Å². The van der Waals surface area contributed by atoms with E-state index in [1.165, 1.54) is 37.4 Å². The molecule has 10 aromatic rings. The fourth-order valence-corrected chi connectivity index (χ4v) is 8.11. The lowest BCUT2D eigenvalue weighted by molar-refractivity contribution is 0.668. The van der Waals surface area contributed by atoms with Crippen molar-refractivity contribution in [3.8, 4) is 33.9 Å². The van der Waals surface area contributed by atoms with E-state index in [0.717, 1.165) is 61.8 Å². The number of benzene rings is 7. The van der Waals surface area contributed by atoms with E-state index in [4.69, 9.17) is 19.4 Å². The largest absolute Gasteiger partial charge is 0.454 e. The van der Waals surface area contributed by atoms with Crippen LogP contribution in [0.2, 0.25) is 0 Å². The molecular formula is C48H30N4O. The summed E-state index contributed by atoms with van der Waals surface area (Å²) >= 11 is 0. The highest BCUT2D eigenvalue weighted by molar-refractivity contribution is 6.20. The second-order valence-electron chi connectivity index (χ2n) is 13.8. The molecule has 1 aliphatic carbocycles. The molecule has 11 rings (SSSR count). The number of furan rings is 1. The molecule has 0 bridgehead atoms. The van der Waals surface area contributed by atoms with Crippen LogP contribution < -0.4 is 10.4 Å². The van der Waals surface area contributed by atoms with E-state index < -0.39 is 0 Å². The van der Waals surface area contributed by atoms with Gasteiger partial charge in [-0.2, -0.15) is 0 Å². The molecule has 1 atom stereocenters. The lowest BCUT2D eigenvalue weighted by Gasteiger charge is -2.16. The number of hydrogen-bond acceptors (Lipinski definition) is 5. The van der Waals surface area contributed by atoms with Gasteiger partial charge in [-0.25, -0.2) is 15.0 Å². The Morgan fingerprint density at radius 2 is 1.26 bits per heavy atom. The molecule has 7 aromatic carbocycles. The van der Waals surface area contributed by atoms with E-state index in [1.807, 2.05) is 12.3 Å². The third-order valence-electron chi connectivity index (χ3n) is 10.7. The molecule has 5 nitrogen and oxygen atoms in total. The monoisotopic (exact) mass is 678 g/mol. The lowest BCUT2D eigenvalue weighted by atomic mass is 9.91. The summed E-state index contributed by atoms with van der Waals surface area (Å²) in [4.78, 5) is 20.2. The van der Waals surface area contributed by atoms with E-state index >= 15 is 0 Å². The van der Waals surface area contributed by atoms with Crippen LogP contribution in [0.5, 0.6) is 0 Å². The van der Waals surface area contributed by atoms with E-state index in [9.17, 15) is 0 Å². The second-order valence-corrected chi connectivity index (χ2v) is 13.8. The molecule has 0 aliphatic heterocycles. The van der Waals surface area contributed by atoms with Crippen LogP contribution in [0.1, 0.15) is 18.2 Å². The topological polar surface area (TPSA) is 64.7 Å².